The molecule has 0 spiro atoms. The van der Waals surface area contributed by atoms with Gasteiger partial charge in [-0.2, -0.15) is 5.10 Å². The number of nitrogens with one attached hydrogen (secondary N) is 1. The summed E-state index contributed by atoms with van der Waals surface area (Å²) in [6, 6.07) is 11.2. The van der Waals surface area contributed by atoms with Gasteiger partial charge in [0.15, 0.2) is 0 Å². The van der Waals surface area contributed by atoms with Gasteiger partial charge in [0.2, 0.25) is 0 Å². The summed E-state index contributed by atoms with van der Waals surface area (Å²) < 4.78 is 1.96. The van der Waals surface area contributed by atoms with E-state index in [2.05, 4.69) is 47.7 Å². The minimum Gasteiger partial charge on any atom is -0.362 e. The molecule has 0 fully saturated rings. The number of hydrogen-bond donors (Lipinski definition) is 1. The molecule has 1 unspecified atom stereocenters. The molecule has 1 aromatic carbocycles. The summed E-state index contributed by atoms with van der Waals surface area (Å²) in [5, 5.41) is 8.06. The molecule has 3 rings (SSSR count). The maximum atomic E-state index is 4.50. The summed E-state index contributed by atoms with van der Waals surface area (Å²) in [6.45, 7) is 3.02. The summed E-state index contributed by atoms with van der Waals surface area (Å²) >= 11 is 0. The number of aryl methyl sites for hydroxylation is 2. The van der Waals surface area contributed by atoms with Gasteiger partial charge in [0, 0.05) is 18.8 Å². The number of fused-ring (bicyclic) bond motifs is 1. The number of anilines is 1. The van der Waals surface area contributed by atoms with Crippen molar-refractivity contribution in [2.24, 2.45) is 0 Å². The smallest absolute Gasteiger partial charge is 0.148 e. The Bertz CT molecular complexity index is 530. The molecule has 1 N–H and O–H groups in total. The second kappa shape index (κ2) is 4.84. The average Bonchev–Trinajstić information content (AvgIpc) is 2.87. The lowest BCUT2D eigenvalue weighted by Crippen LogP contribution is -2.17. The standard InChI is InChI=1S/C15H19N3/c1-2-18-11-10-15(17-18)16-14-9-5-7-12-6-3-4-8-13(12)14/h3-4,6,8,10-11,14H,2,5,7,9H2,1H3,(H,16,17). The van der Waals surface area contributed by atoms with E-state index in [0.717, 1.165) is 12.4 Å². The topological polar surface area (TPSA) is 29.9 Å². The molecule has 1 aromatic heterocycles. The third kappa shape index (κ3) is 2.13. The Morgan fingerprint density at radius 3 is 3.06 bits per heavy atom. The van der Waals surface area contributed by atoms with Crippen LogP contribution in [0.4, 0.5) is 5.82 Å². The molecule has 1 aliphatic carbocycles. The monoisotopic (exact) mass is 241 g/mol. The summed E-state index contributed by atoms with van der Waals surface area (Å²) in [7, 11) is 0. The van der Waals surface area contributed by atoms with Gasteiger partial charge in [0.1, 0.15) is 5.82 Å². The fourth-order valence-electron chi connectivity index (χ4n) is 2.70. The lowest BCUT2D eigenvalue weighted by molar-refractivity contribution is 0.594. The number of rotatable bonds is 3. The predicted molar refractivity (Wildman–Crippen MR) is 73.6 cm³/mol. The quantitative estimate of drug-likeness (QED) is 0.892. The van der Waals surface area contributed by atoms with Crippen LogP contribution in [0.3, 0.4) is 0 Å². The third-order valence-electron chi connectivity index (χ3n) is 3.66. The maximum Gasteiger partial charge on any atom is 0.148 e. The van der Waals surface area contributed by atoms with Crippen LogP contribution in [-0.4, -0.2) is 9.78 Å². The van der Waals surface area contributed by atoms with Crippen LogP contribution in [0.25, 0.3) is 0 Å². The van der Waals surface area contributed by atoms with Gasteiger partial charge < -0.3 is 5.32 Å². The van der Waals surface area contributed by atoms with Crippen molar-refractivity contribution in [3.8, 4) is 0 Å². The Kier molecular flexibility index (Phi) is 3.05. The molecule has 0 bridgehead atoms. The fourth-order valence-corrected chi connectivity index (χ4v) is 2.70. The molecular formula is C15H19N3. The lowest BCUT2D eigenvalue weighted by atomic mass is 9.88. The zero-order valence-electron chi connectivity index (χ0n) is 10.8. The molecule has 0 radical (unpaired) electrons. The Morgan fingerprint density at radius 2 is 2.22 bits per heavy atom. The first-order valence-electron chi connectivity index (χ1n) is 6.74. The minimum absolute atomic E-state index is 0.412. The van der Waals surface area contributed by atoms with E-state index in [-0.39, 0.29) is 0 Å². The van der Waals surface area contributed by atoms with Crippen LogP contribution in [0.5, 0.6) is 0 Å². The SMILES string of the molecule is CCn1ccc(NC2CCCc3ccccc32)n1. The highest BCUT2D eigenvalue weighted by molar-refractivity contribution is 5.41. The molecule has 1 aliphatic rings. The summed E-state index contributed by atoms with van der Waals surface area (Å²) in [6.07, 6.45) is 5.67. The van der Waals surface area contributed by atoms with Gasteiger partial charge in [0.05, 0.1) is 6.04 Å². The van der Waals surface area contributed by atoms with Gasteiger partial charge >= 0.3 is 0 Å². The van der Waals surface area contributed by atoms with Crippen LogP contribution < -0.4 is 5.32 Å². The molecule has 1 atom stereocenters. The van der Waals surface area contributed by atoms with Crippen molar-refractivity contribution in [3.63, 3.8) is 0 Å². The van der Waals surface area contributed by atoms with Crippen molar-refractivity contribution in [1.29, 1.82) is 0 Å². The second-order valence-electron chi connectivity index (χ2n) is 4.84. The van der Waals surface area contributed by atoms with Crippen LogP contribution in [0.1, 0.15) is 36.9 Å². The average molecular weight is 241 g/mol. The van der Waals surface area contributed by atoms with Crippen molar-refractivity contribution < 1.29 is 0 Å². The second-order valence-corrected chi connectivity index (χ2v) is 4.84. The highest BCUT2D eigenvalue weighted by Gasteiger charge is 2.19. The third-order valence-corrected chi connectivity index (χ3v) is 3.66. The van der Waals surface area contributed by atoms with Crippen molar-refractivity contribution in [2.75, 3.05) is 5.32 Å². The normalized spacial score (nSPS) is 18.4. The number of nitrogens with zero attached hydrogens (tertiary/aromatic N) is 2. The van der Waals surface area contributed by atoms with E-state index in [9.17, 15) is 0 Å². The van der Waals surface area contributed by atoms with Crippen molar-refractivity contribution in [2.45, 2.75) is 38.8 Å². The summed E-state index contributed by atoms with van der Waals surface area (Å²) in [5.74, 6) is 0.985. The molecule has 18 heavy (non-hydrogen) atoms. The van der Waals surface area contributed by atoms with Crippen molar-refractivity contribution in [3.05, 3.63) is 47.7 Å². The van der Waals surface area contributed by atoms with E-state index in [1.165, 1.54) is 30.4 Å². The van der Waals surface area contributed by atoms with Gasteiger partial charge in [0.25, 0.3) is 0 Å². The molecule has 3 heteroatoms. The van der Waals surface area contributed by atoms with E-state index in [4.69, 9.17) is 0 Å². The van der Waals surface area contributed by atoms with Gasteiger partial charge in [-0.15, -0.1) is 0 Å². The van der Waals surface area contributed by atoms with Crippen LogP contribution in [0, 0.1) is 0 Å². The van der Waals surface area contributed by atoms with Crippen molar-refractivity contribution in [1.82, 2.24) is 9.78 Å². The molecule has 1 heterocycles. The Hall–Kier alpha value is -1.77. The van der Waals surface area contributed by atoms with E-state index < -0.39 is 0 Å². The van der Waals surface area contributed by atoms with E-state index in [0.29, 0.717) is 6.04 Å². The molecule has 0 saturated carbocycles. The molecule has 0 amide bonds. The van der Waals surface area contributed by atoms with E-state index in [1.54, 1.807) is 0 Å². The van der Waals surface area contributed by atoms with Crippen LogP contribution >= 0.6 is 0 Å². The van der Waals surface area contributed by atoms with E-state index in [1.807, 2.05) is 10.9 Å². The molecular weight excluding hydrogens is 222 g/mol. The van der Waals surface area contributed by atoms with Gasteiger partial charge in [-0.1, -0.05) is 24.3 Å². The van der Waals surface area contributed by atoms with Gasteiger partial charge in [-0.05, 0) is 37.3 Å². The number of benzene rings is 1. The predicted octanol–water partition coefficient (Wildman–Crippen LogP) is 3.39. The van der Waals surface area contributed by atoms with Crippen molar-refractivity contribution >= 4 is 5.82 Å². The van der Waals surface area contributed by atoms with E-state index >= 15 is 0 Å². The van der Waals surface area contributed by atoms with Gasteiger partial charge in [-0.3, -0.25) is 4.68 Å². The Morgan fingerprint density at radius 1 is 1.33 bits per heavy atom. The summed E-state index contributed by atoms with van der Waals surface area (Å²) in [5.41, 5.74) is 2.92. The highest BCUT2D eigenvalue weighted by Crippen LogP contribution is 2.31. The Labute approximate surface area is 108 Å². The van der Waals surface area contributed by atoms with Gasteiger partial charge in [-0.25, -0.2) is 0 Å². The first-order chi connectivity index (χ1) is 8.86. The molecule has 0 saturated heterocycles. The fraction of sp³-hybridized carbons (Fsp3) is 0.400. The lowest BCUT2D eigenvalue weighted by Gasteiger charge is -2.26. The zero-order valence-corrected chi connectivity index (χ0v) is 10.8. The molecule has 3 nitrogen and oxygen atoms in total. The maximum absolute atomic E-state index is 4.50. The largest absolute Gasteiger partial charge is 0.362 e. The number of hydrogen-bond acceptors (Lipinski definition) is 2. The minimum atomic E-state index is 0.412. The highest BCUT2D eigenvalue weighted by atomic mass is 15.3. The zero-order chi connectivity index (χ0) is 12.4. The first-order valence-corrected chi connectivity index (χ1v) is 6.74. The van der Waals surface area contributed by atoms with Crippen LogP contribution in [0.15, 0.2) is 36.5 Å². The van der Waals surface area contributed by atoms with Crippen LogP contribution in [-0.2, 0) is 13.0 Å². The summed E-state index contributed by atoms with van der Waals surface area (Å²) in [4.78, 5) is 0. The molecule has 94 valence electrons. The molecule has 2 aromatic rings. The molecule has 0 aliphatic heterocycles. The number of aromatic nitrogens is 2. The Balaban J connectivity index is 1.81. The first kappa shape index (κ1) is 11.3. The van der Waals surface area contributed by atoms with Crippen LogP contribution in [0.2, 0.25) is 0 Å².